The van der Waals surface area contributed by atoms with Gasteiger partial charge in [0.1, 0.15) is 0 Å². The van der Waals surface area contributed by atoms with Gasteiger partial charge in [-0.1, -0.05) is 55.7 Å². The third kappa shape index (κ3) is 6.49. The summed E-state index contributed by atoms with van der Waals surface area (Å²) in [5.41, 5.74) is 2.38. The first-order valence-corrected chi connectivity index (χ1v) is 10.9. The number of carbonyl (C=O) groups is 1. The zero-order valence-electron chi connectivity index (χ0n) is 18.2. The van der Waals surface area contributed by atoms with Crippen LogP contribution in [-0.4, -0.2) is 44.2 Å². The first-order chi connectivity index (χ1) is 14.7. The summed E-state index contributed by atoms with van der Waals surface area (Å²) in [7, 11) is 3.27. The summed E-state index contributed by atoms with van der Waals surface area (Å²) in [6.07, 6.45) is 6.96. The summed E-state index contributed by atoms with van der Waals surface area (Å²) in [4.78, 5) is 15.1. The van der Waals surface area contributed by atoms with Crippen molar-refractivity contribution in [1.29, 1.82) is 0 Å². The van der Waals surface area contributed by atoms with Crippen molar-refractivity contribution >= 4 is 5.91 Å². The Morgan fingerprint density at radius 3 is 2.40 bits per heavy atom. The van der Waals surface area contributed by atoms with Crippen LogP contribution in [0.5, 0.6) is 11.5 Å². The van der Waals surface area contributed by atoms with Crippen molar-refractivity contribution in [3.8, 4) is 11.5 Å². The van der Waals surface area contributed by atoms with E-state index in [0.29, 0.717) is 30.6 Å². The van der Waals surface area contributed by atoms with Crippen LogP contribution in [-0.2, 0) is 17.8 Å². The highest BCUT2D eigenvalue weighted by Crippen LogP contribution is 2.27. The van der Waals surface area contributed by atoms with Gasteiger partial charge in [-0.05, 0) is 42.5 Å². The summed E-state index contributed by atoms with van der Waals surface area (Å²) in [6.45, 7) is 1.89. The summed E-state index contributed by atoms with van der Waals surface area (Å²) < 4.78 is 10.6. The zero-order valence-corrected chi connectivity index (χ0v) is 18.2. The number of ether oxygens (including phenoxy) is 2. The van der Waals surface area contributed by atoms with Crippen molar-refractivity contribution in [1.82, 2.24) is 10.2 Å². The number of rotatable bonds is 10. The molecule has 2 aromatic carbocycles. The van der Waals surface area contributed by atoms with E-state index < -0.39 is 0 Å². The van der Waals surface area contributed by atoms with Crippen molar-refractivity contribution in [2.45, 2.75) is 51.1 Å². The normalized spacial score (nSPS) is 14.5. The topological polar surface area (TPSA) is 50.8 Å². The van der Waals surface area contributed by atoms with Crippen LogP contribution in [0.4, 0.5) is 0 Å². The molecule has 1 N–H and O–H groups in total. The Morgan fingerprint density at radius 2 is 1.70 bits per heavy atom. The average Bonchev–Trinajstić information content (AvgIpc) is 2.79. The number of methoxy groups -OCH3 is 2. The fraction of sp³-hybridized carbons (Fsp3) is 0.480. The van der Waals surface area contributed by atoms with Gasteiger partial charge in [-0.25, -0.2) is 0 Å². The van der Waals surface area contributed by atoms with Crippen LogP contribution in [0.3, 0.4) is 0 Å². The number of hydrogen-bond acceptors (Lipinski definition) is 4. The van der Waals surface area contributed by atoms with Gasteiger partial charge in [0.25, 0.3) is 0 Å². The molecule has 1 aliphatic carbocycles. The number of nitrogens with one attached hydrogen (secondary N) is 1. The molecule has 1 amide bonds. The summed E-state index contributed by atoms with van der Waals surface area (Å²) in [5, 5.41) is 3.10. The van der Waals surface area contributed by atoms with Gasteiger partial charge >= 0.3 is 0 Å². The third-order valence-corrected chi connectivity index (χ3v) is 5.85. The van der Waals surface area contributed by atoms with Crippen LogP contribution in [0, 0.1) is 0 Å². The Bertz CT molecular complexity index is 788. The highest BCUT2D eigenvalue weighted by Gasteiger charge is 2.23. The molecule has 0 bridgehead atoms. The molecule has 0 aliphatic heterocycles. The minimum absolute atomic E-state index is 0.0944. The standard InChI is InChI=1S/C25H34N2O3/c1-29-23-14-13-20(17-24(23)30-2)15-16-26-25(28)19-27(22-11-7-4-8-12-22)18-21-9-5-3-6-10-21/h3,5-6,9-10,13-14,17,22H,4,7-8,11-12,15-16,18-19H2,1-2H3,(H,26,28). The minimum atomic E-state index is 0.0944. The average molecular weight is 411 g/mol. The van der Waals surface area contributed by atoms with Gasteiger partial charge < -0.3 is 14.8 Å². The molecule has 1 fully saturated rings. The van der Waals surface area contributed by atoms with Gasteiger partial charge in [0, 0.05) is 19.1 Å². The molecule has 5 heteroatoms. The van der Waals surface area contributed by atoms with Gasteiger partial charge in [-0.3, -0.25) is 9.69 Å². The number of amides is 1. The molecular weight excluding hydrogens is 376 g/mol. The summed E-state index contributed by atoms with van der Waals surface area (Å²) in [5.74, 6) is 1.53. The van der Waals surface area contributed by atoms with Crippen LogP contribution in [0.2, 0.25) is 0 Å². The lowest BCUT2D eigenvalue weighted by Crippen LogP contribution is -2.43. The summed E-state index contributed by atoms with van der Waals surface area (Å²) in [6, 6.07) is 16.8. The minimum Gasteiger partial charge on any atom is -0.493 e. The van der Waals surface area contributed by atoms with E-state index in [9.17, 15) is 4.79 Å². The van der Waals surface area contributed by atoms with E-state index in [-0.39, 0.29) is 5.91 Å². The lowest BCUT2D eigenvalue weighted by atomic mass is 9.93. The van der Waals surface area contributed by atoms with Crippen molar-refractivity contribution in [2.24, 2.45) is 0 Å². The van der Waals surface area contributed by atoms with Gasteiger partial charge in [0.2, 0.25) is 5.91 Å². The molecule has 0 unspecified atom stereocenters. The molecular formula is C25H34N2O3. The van der Waals surface area contributed by atoms with Crippen LogP contribution in [0.15, 0.2) is 48.5 Å². The third-order valence-electron chi connectivity index (χ3n) is 5.85. The van der Waals surface area contributed by atoms with Gasteiger partial charge in [0.15, 0.2) is 11.5 Å². The molecule has 3 rings (SSSR count). The second kappa shape index (κ2) is 11.6. The lowest BCUT2D eigenvalue weighted by Gasteiger charge is -2.34. The fourth-order valence-electron chi connectivity index (χ4n) is 4.20. The second-order valence-electron chi connectivity index (χ2n) is 7.97. The molecule has 0 heterocycles. The largest absolute Gasteiger partial charge is 0.493 e. The van der Waals surface area contributed by atoms with E-state index >= 15 is 0 Å². The maximum atomic E-state index is 12.7. The van der Waals surface area contributed by atoms with Crippen molar-refractivity contribution < 1.29 is 14.3 Å². The quantitative estimate of drug-likeness (QED) is 0.638. The van der Waals surface area contributed by atoms with Crippen molar-refractivity contribution in [3.05, 3.63) is 59.7 Å². The van der Waals surface area contributed by atoms with Gasteiger partial charge in [-0.15, -0.1) is 0 Å². The van der Waals surface area contributed by atoms with Crippen LogP contribution in [0.1, 0.15) is 43.2 Å². The van der Waals surface area contributed by atoms with E-state index in [4.69, 9.17) is 9.47 Å². The van der Waals surface area contributed by atoms with Crippen LogP contribution < -0.4 is 14.8 Å². The number of nitrogens with zero attached hydrogens (tertiary/aromatic N) is 1. The monoisotopic (exact) mass is 410 g/mol. The van der Waals surface area contributed by atoms with E-state index in [1.165, 1.54) is 37.7 Å². The number of hydrogen-bond donors (Lipinski definition) is 1. The van der Waals surface area contributed by atoms with Gasteiger partial charge in [0.05, 0.1) is 20.8 Å². The predicted octanol–water partition coefficient (Wildman–Crippen LogP) is 4.20. The molecule has 0 spiro atoms. The molecule has 0 aromatic heterocycles. The lowest BCUT2D eigenvalue weighted by molar-refractivity contribution is -0.123. The Labute approximate surface area is 180 Å². The number of carbonyl (C=O) groups excluding carboxylic acids is 1. The SMILES string of the molecule is COc1ccc(CCNC(=O)CN(Cc2ccccc2)C2CCCCC2)cc1OC. The molecule has 5 nitrogen and oxygen atoms in total. The van der Waals surface area contributed by atoms with E-state index in [0.717, 1.165) is 18.5 Å². The molecule has 162 valence electrons. The summed E-state index contributed by atoms with van der Waals surface area (Å²) >= 11 is 0. The predicted molar refractivity (Wildman–Crippen MR) is 120 cm³/mol. The van der Waals surface area contributed by atoms with Crippen molar-refractivity contribution in [3.63, 3.8) is 0 Å². The number of benzene rings is 2. The smallest absolute Gasteiger partial charge is 0.234 e. The molecule has 0 saturated heterocycles. The molecule has 1 aliphatic rings. The first kappa shape index (κ1) is 22.2. The fourth-order valence-corrected chi connectivity index (χ4v) is 4.20. The Kier molecular flexibility index (Phi) is 8.57. The maximum Gasteiger partial charge on any atom is 0.234 e. The van der Waals surface area contributed by atoms with E-state index in [2.05, 4.69) is 34.5 Å². The Hall–Kier alpha value is -2.53. The first-order valence-electron chi connectivity index (χ1n) is 10.9. The second-order valence-corrected chi connectivity index (χ2v) is 7.97. The molecule has 0 atom stereocenters. The Morgan fingerprint density at radius 1 is 0.967 bits per heavy atom. The van der Waals surface area contributed by atoms with Crippen molar-refractivity contribution in [2.75, 3.05) is 27.3 Å². The van der Waals surface area contributed by atoms with Crippen LogP contribution >= 0.6 is 0 Å². The maximum absolute atomic E-state index is 12.7. The van der Waals surface area contributed by atoms with E-state index in [1.807, 2.05) is 24.3 Å². The highest BCUT2D eigenvalue weighted by atomic mass is 16.5. The molecule has 1 saturated carbocycles. The van der Waals surface area contributed by atoms with E-state index in [1.54, 1.807) is 14.2 Å². The molecule has 0 radical (unpaired) electrons. The van der Waals surface area contributed by atoms with Crippen LogP contribution in [0.25, 0.3) is 0 Å². The highest BCUT2D eigenvalue weighted by molar-refractivity contribution is 5.78. The molecule has 2 aromatic rings. The Balaban J connectivity index is 1.53. The van der Waals surface area contributed by atoms with Gasteiger partial charge in [-0.2, -0.15) is 0 Å². The molecule has 30 heavy (non-hydrogen) atoms. The zero-order chi connectivity index (χ0) is 21.2.